The Bertz CT molecular complexity index is 598. The molecule has 0 radical (unpaired) electrons. The Kier molecular flexibility index (Phi) is 7.81. The molecular formula is C22H33NO4. The van der Waals surface area contributed by atoms with Crippen LogP contribution in [0.1, 0.15) is 63.9 Å². The number of hydrogen-bond donors (Lipinski definition) is 0. The first-order valence-corrected chi connectivity index (χ1v) is 10.6. The predicted octanol–water partition coefficient (Wildman–Crippen LogP) is 4.33. The topological polar surface area (TPSA) is 48.0 Å². The summed E-state index contributed by atoms with van der Waals surface area (Å²) in [6, 6.07) is 5.99. The van der Waals surface area contributed by atoms with Crippen LogP contribution < -0.4 is 9.47 Å². The number of nitrogens with zero attached hydrogens (tertiary/aromatic N) is 1. The smallest absolute Gasteiger partial charge is 0.251 e. The second-order valence-electron chi connectivity index (χ2n) is 7.51. The molecule has 0 aromatic heterocycles. The van der Waals surface area contributed by atoms with Crippen LogP contribution in [0, 0.1) is 0 Å². The summed E-state index contributed by atoms with van der Waals surface area (Å²) < 4.78 is 16.9. The highest BCUT2D eigenvalue weighted by atomic mass is 16.6. The molecule has 1 aromatic rings. The normalized spacial score (nSPS) is 18.5. The first kappa shape index (κ1) is 20.0. The van der Waals surface area contributed by atoms with Crippen LogP contribution >= 0.6 is 0 Å². The largest absolute Gasteiger partial charge is 0.486 e. The van der Waals surface area contributed by atoms with Crippen molar-refractivity contribution in [2.45, 2.75) is 70.9 Å². The number of carbonyl (C=O) groups is 1. The number of fused-ring (bicyclic) bond motifs is 1. The number of rotatable bonds is 10. The molecule has 2 aliphatic heterocycles. The Hall–Kier alpha value is -1.75. The maximum atomic E-state index is 12.9. The maximum Gasteiger partial charge on any atom is 0.251 e. The third-order valence-corrected chi connectivity index (χ3v) is 5.28. The molecule has 1 fully saturated rings. The molecule has 3 rings (SSSR count). The van der Waals surface area contributed by atoms with Crippen molar-refractivity contribution >= 4 is 5.91 Å². The van der Waals surface area contributed by atoms with Gasteiger partial charge < -0.3 is 19.1 Å². The summed E-state index contributed by atoms with van der Waals surface area (Å²) >= 11 is 0. The highest BCUT2D eigenvalue weighted by molar-refractivity contribution is 5.81. The quantitative estimate of drug-likeness (QED) is 0.571. The van der Waals surface area contributed by atoms with Crippen molar-refractivity contribution in [1.29, 1.82) is 0 Å². The molecular weight excluding hydrogens is 342 g/mol. The lowest BCUT2D eigenvalue weighted by atomic mass is 10.1. The van der Waals surface area contributed by atoms with Gasteiger partial charge in [-0.25, -0.2) is 0 Å². The average Bonchev–Trinajstić information content (AvgIpc) is 3.24. The van der Waals surface area contributed by atoms with E-state index >= 15 is 0 Å². The van der Waals surface area contributed by atoms with Gasteiger partial charge in [-0.2, -0.15) is 0 Å². The van der Waals surface area contributed by atoms with E-state index in [0.29, 0.717) is 26.4 Å². The van der Waals surface area contributed by atoms with Crippen LogP contribution in [0.4, 0.5) is 0 Å². The number of carbonyl (C=O) groups excluding carboxylic acids is 1. The average molecular weight is 376 g/mol. The Labute approximate surface area is 163 Å². The first-order chi connectivity index (χ1) is 13.3. The van der Waals surface area contributed by atoms with Gasteiger partial charge in [0.15, 0.2) is 11.5 Å². The summed E-state index contributed by atoms with van der Waals surface area (Å²) in [7, 11) is 0. The standard InChI is InChI=1S/C22H33NO4/c1-2-3-4-5-6-7-12-23(22(24)20-9-8-13-25-20)17-18-10-11-19-21(16-18)27-15-14-26-19/h10-11,16,20H,2-9,12-15,17H2,1H3. The Balaban J connectivity index is 1.59. The van der Waals surface area contributed by atoms with Gasteiger partial charge in [0.2, 0.25) is 0 Å². The molecule has 0 N–H and O–H groups in total. The molecule has 0 aliphatic carbocycles. The van der Waals surface area contributed by atoms with Gasteiger partial charge in [0.1, 0.15) is 19.3 Å². The van der Waals surface area contributed by atoms with Crippen molar-refractivity contribution in [3.05, 3.63) is 23.8 Å². The van der Waals surface area contributed by atoms with E-state index in [-0.39, 0.29) is 12.0 Å². The van der Waals surface area contributed by atoms with Gasteiger partial charge in [-0.15, -0.1) is 0 Å². The summed E-state index contributed by atoms with van der Waals surface area (Å²) in [6.45, 7) is 5.49. The van der Waals surface area contributed by atoms with E-state index in [1.807, 2.05) is 23.1 Å². The summed E-state index contributed by atoms with van der Waals surface area (Å²) in [5, 5.41) is 0. The lowest BCUT2D eigenvalue weighted by molar-refractivity contribution is -0.141. The van der Waals surface area contributed by atoms with E-state index in [1.165, 1.54) is 32.1 Å². The molecule has 1 aromatic carbocycles. The first-order valence-electron chi connectivity index (χ1n) is 10.6. The Morgan fingerprint density at radius 3 is 2.59 bits per heavy atom. The zero-order chi connectivity index (χ0) is 18.9. The second kappa shape index (κ2) is 10.5. The Morgan fingerprint density at radius 1 is 1.04 bits per heavy atom. The van der Waals surface area contributed by atoms with Crippen LogP contribution in [-0.4, -0.2) is 43.3 Å². The molecule has 1 amide bonds. The van der Waals surface area contributed by atoms with Crippen molar-refractivity contribution in [2.24, 2.45) is 0 Å². The van der Waals surface area contributed by atoms with Crippen LogP contribution in [0.15, 0.2) is 18.2 Å². The fourth-order valence-corrected chi connectivity index (χ4v) is 3.73. The third-order valence-electron chi connectivity index (χ3n) is 5.28. The maximum absolute atomic E-state index is 12.9. The minimum atomic E-state index is -0.262. The van der Waals surface area contributed by atoms with Gasteiger partial charge in [-0.3, -0.25) is 4.79 Å². The zero-order valence-electron chi connectivity index (χ0n) is 16.6. The van der Waals surface area contributed by atoms with Gasteiger partial charge >= 0.3 is 0 Å². The van der Waals surface area contributed by atoms with Crippen molar-refractivity contribution in [3.8, 4) is 11.5 Å². The molecule has 5 nitrogen and oxygen atoms in total. The Morgan fingerprint density at radius 2 is 1.81 bits per heavy atom. The van der Waals surface area contributed by atoms with Crippen molar-refractivity contribution < 1.29 is 19.0 Å². The second-order valence-corrected chi connectivity index (χ2v) is 7.51. The minimum absolute atomic E-state index is 0.135. The highest BCUT2D eigenvalue weighted by Crippen LogP contribution is 2.31. The molecule has 150 valence electrons. The number of hydrogen-bond acceptors (Lipinski definition) is 4. The van der Waals surface area contributed by atoms with Crippen LogP contribution in [-0.2, 0) is 16.1 Å². The van der Waals surface area contributed by atoms with E-state index in [2.05, 4.69) is 6.92 Å². The zero-order valence-corrected chi connectivity index (χ0v) is 16.6. The monoisotopic (exact) mass is 375 g/mol. The van der Waals surface area contributed by atoms with Crippen LogP contribution in [0.3, 0.4) is 0 Å². The predicted molar refractivity (Wildman–Crippen MR) is 105 cm³/mol. The summed E-state index contributed by atoms with van der Waals surface area (Å²) in [5.74, 6) is 1.71. The number of ether oxygens (including phenoxy) is 3. The highest BCUT2D eigenvalue weighted by Gasteiger charge is 2.28. The summed E-state index contributed by atoms with van der Waals surface area (Å²) in [5.41, 5.74) is 1.08. The lowest BCUT2D eigenvalue weighted by Crippen LogP contribution is -2.39. The number of benzene rings is 1. The van der Waals surface area contributed by atoms with E-state index in [1.54, 1.807) is 0 Å². The number of unbranched alkanes of at least 4 members (excludes halogenated alkanes) is 5. The molecule has 2 aliphatic rings. The summed E-state index contributed by atoms with van der Waals surface area (Å²) in [4.78, 5) is 14.9. The van der Waals surface area contributed by atoms with Gasteiger partial charge in [0, 0.05) is 19.7 Å². The van der Waals surface area contributed by atoms with Gasteiger partial charge in [-0.05, 0) is 37.0 Å². The van der Waals surface area contributed by atoms with Crippen molar-refractivity contribution in [3.63, 3.8) is 0 Å². The lowest BCUT2D eigenvalue weighted by Gasteiger charge is -2.26. The molecule has 1 saturated heterocycles. The molecule has 1 unspecified atom stereocenters. The number of amides is 1. The van der Waals surface area contributed by atoms with Gasteiger partial charge in [0.05, 0.1) is 0 Å². The van der Waals surface area contributed by atoms with Gasteiger partial charge in [0.25, 0.3) is 5.91 Å². The van der Waals surface area contributed by atoms with Crippen LogP contribution in [0.25, 0.3) is 0 Å². The molecule has 1 atom stereocenters. The SMILES string of the molecule is CCCCCCCCN(Cc1ccc2c(c1)OCCO2)C(=O)C1CCCO1. The van der Waals surface area contributed by atoms with Crippen LogP contribution in [0.2, 0.25) is 0 Å². The third kappa shape index (κ3) is 5.86. The molecule has 0 spiro atoms. The molecule has 5 heteroatoms. The van der Waals surface area contributed by atoms with E-state index in [0.717, 1.165) is 42.9 Å². The molecule has 0 bridgehead atoms. The van der Waals surface area contributed by atoms with E-state index in [4.69, 9.17) is 14.2 Å². The van der Waals surface area contributed by atoms with Crippen molar-refractivity contribution in [1.82, 2.24) is 4.90 Å². The van der Waals surface area contributed by atoms with E-state index < -0.39 is 0 Å². The van der Waals surface area contributed by atoms with Crippen LogP contribution in [0.5, 0.6) is 11.5 Å². The summed E-state index contributed by atoms with van der Waals surface area (Å²) in [6.07, 6.45) is 8.88. The minimum Gasteiger partial charge on any atom is -0.486 e. The fraction of sp³-hybridized carbons (Fsp3) is 0.682. The molecule has 27 heavy (non-hydrogen) atoms. The molecule has 2 heterocycles. The van der Waals surface area contributed by atoms with Crippen molar-refractivity contribution in [2.75, 3.05) is 26.4 Å². The molecule has 0 saturated carbocycles. The van der Waals surface area contributed by atoms with Gasteiger partial charge in [-0.1, -0.05) is 45.1 Å². The fourth-order valence-electron chi connectivity index (χ4n) is 3.73. The van der Waals surface area contributed by atoms with E-state index in [9.17, 15) is 4.79 Å².